The number of Topliss-reactive ketones (excluding diaryl/α,β-unsaturated/α-hetero) is 1. The van der Waals surface area contributed by atoms with E-state index in [1.165, 1.54) is 5.56 Å². The van der Waals surface area contributed by atoms with Gasteiger partial charge in [0.05, 0.1) is 0 Å². The molecule has 0 bridgehead atoms. The molecule has 0 aliphatic carbocycles. The highest BCUT2D eigenvalue weighted by atomic mass is 16.1. The molecule has 1 aliphatic rings. The van der Waals surface area contributed by atoms with Gasteiger partial charge in [0.2, 0.25) is 5.91 Å². The Morgan fingerprint density at radius 3 is 2.70 bits per heavy atom. The van der Waals surface area contributed by atoms with Gasteiger partial charge in [-0.15, -0.1) is 0 Å². The number of carbonyl (C=O) groups is 2. The van der Waals surface area contributed by atoms with Crippen LogP contribution in [0.2, 0.25) is 0 Å². The normalized spacial score (nSPS) is 14.9. The maximum absolute atomic E-state index is 12.4. The van der Waals surface area contributed by atoms with Crippen LogP contribution in [-0.4, -0.2) is 23.9 Å². The predicted octanol–water partition coefficient (Wildman–Crippen LogP) is 4.64. The van der Waals surface area contributed by atoms with Crippen molar-refractivity contribution in [3.05, 3.63) is 47.7 Å². The van der Waals surface area contributed by atoms with Crippen LogP contribution in [0.4, 0.5) is 0 Å². The van der Waals surface area contributed by atoms with E-state index < -0.39 is 0 Å². The second-order valence-corrected chi connectivity index (χ2v) is 7.39. The summed E-state index contributed by atoms with van der Waals surface area (Å²) < 4.78 is 0. The van der Waals surface area contributed by atoms with Gasteiger partial charge in [-0.25, -0.2) is 0 Å². The molecule has 0 radical (unpaired) electrons. The molecule has 1 amide bonds. The van der Waals surface area contributed by atoms with E-state index in [1.807, 2.05) is 36.4 Å². The summed E-state index contributed by atoms with van der Waals surface area (Å²) in [5.41, 5.74) is 2.88. The van der Waals surface area contributed by atoms with Gasteiger partial charge in [0.25, 0.3) is 0 Å². The monoisotopic (exact) mass is 368 g/mol. The minimum absolute atomic E-state index is 0.123. The lowest BCUT2D eigenvalue weighted by atomic mass is 10.0. The summed E-state index contributed by atoms with van der Waals surface area (Å²) in [5.74, 6) is 0.687. The van der Waals surface area contributed by atoms with Crippen LogP contribution >= 0.6 is 0 Å². The smallest absolute Gasteiger partial charge is 0.220 e. The number of nitrogens with zero attached hydrogens (tertiary/aromatic N) is 1. The quantitative estimate of drug-likeness (QED) is 0.579. The minimum atomic E-state index is 0.123. The first-order valence-electron chi connectivity index (χ1n) is 10.2. The Labute approximate surface area is 163 Å². The molecule has 1 aromatic rings. The molecule has 27 heavy (non-hydrogen) atoms. The predicted molar refractivity (Wildman–Crippen MR) is 111 cm³/mol. The molecule has 1 N–H and O–H groups in total. The standard InChI is InChI=1S/C23H32N2O2/c1-3-18(2)17-23(27)24-16-8-12-20-11-7-13-21(25-20)22(26)15-14-19-9-5-4-6-10-19/h4-6,9-10,13,18H,3,7-8,11-12,14-17H2,1-2H3,(H,24,27). The first-order valence-corrected chi connectivity index (χ1v) is 10.2. The summed E-state index contributed by atoms with van der Waals surface area (Å²) >= 11 is 0. The number of hydrogen-bond acceptors (Lipinski definition) is 3. The van der Waals surface area contributed by atoms with Gasteiger partial charge in [-0.1, -0.05) is 56.7 Å². The summed E-state index contributed by atoms with van der Waals surface area (Å²) in [4.78, 5) is 28.8. The van der Waals surface area contributed by atoms with E-state index in [1.54, 1.807) is 0 Å². The fourth-order valence-electron chi connectivity index (χ4n) is 3.09. The number of nitrogens with one attached hydrogen (secondary N) is 1. The Bertz CT molecular complexity index is 677. The molecule has 0 fully saturated rings. The van der Waals surface area contributed by atoms with Crippen LogP contribution in [0.15, 0.2) is 47.1 Å². The van der Waals surface area contributed by atoms with Crippen molar-refractivity contribution in [2.24, 2.45) is 10.9 Å². The molecular formula is C23H32N2O2. The third-order valence-corrected chi connectivity index (χ3v) is 5.01. The Hall–Kier alpha value is -2.23. The lowest BCUT2D eigenvalue weighted by Gasteiger charge is -2.13. The maximum Gasteiger partial charge on any atom is 0.220 e. The molecule has 4 nitrogen and oxygen atoms in total. The number of ketones is 1. The molecule has 4 heteroatoms. The van der Waals surface area contributed by atoms with E-state index in [0.717, 1.165) is 44.2 Å². The number of carbonyl (C=O) groups excluding carboxylic acids is 2. The molecule has 146 valence electrons. The van der Waals surface area contributed by atoms with Crippen LogP contribution in [-0.2, 0) is 16.0 Å². The van der Waals surface area contributed by atoms with Crippen LogP contribution in [0.25, 0.3) is 0 Å². The molecule has 0 saturated carbocycles. The topological polar surface area (TPSA) is 58.5 Å². The van der Waals surface area contributed by atoms with Crippen LogP contribution in [0.3, 0.4) is 0 Å². The highest BCUT2D eigenvalue weighted by Gasteiger charge is 2.14. The number of aryl methyl sites for hydroxylation is 1. The largest absolute Gasteiger partial charge is 0.356 e. The molecule has 2 rings (SSSR count). The summed E-state index contributed by atoms with van der Waals surface area (Å²) in [6.07, 6.45) is 8.34. The second-order valence-electron chi connectivity index (χ2n) is 7.39. The van der Waals surface area contributed by atoms with Gasteiger partial charge in [0, 0.05) is 25.1 Å². The average Bonchev–Trinajstić information content (AvgIpc) is 2.70. The maximum atomic E-state index is 12.4. The van der Waals surface area contributed by atoms with Crippen molar-refractivity contribution in [3.63, 3.8) is 0 Å². The molecule has 1 aromatic carbocycles. The van der Waals surface area contributed by atoms with E-state index in [2.05, 4.69) is 24.2 Å². The van der Waals surface area contributed by atoms with E-state index in [9.17, 15) is 9.59 Å². The number of benzene rings is 1. The van der Waals surface area contributed by atoms with Crippen molar-refractivity contribution in [1.29, 1.82) is 0 Å². The van der Waals surface area contributed by atoms with E-state index in [4.69, 9.17) is 0 Å². The molecule has 1 aliphatic heterocycles. The van der Waals surface area contributed by atoms with Crippen molar-refractivity contribution >= 4 is 17.4 Å². The van der Waals surface area contributed by atoms with Crippen molar-refractivity contribution in [2.75, 3.05) is 6.54 Å². The van der Waals surface area contributed by atoms with Gasteiger partial charge < -0.3 is 5.32 Å². The lowest BCUT2D eigenvalue weighted by Crippen LogP contribution is -2.26. The van der Waals surface area contributed by atoms with Crippen molar-refractivity contribution < 1.29 is 9.59 Å². The summed E-state index contributed by atoms with van der Waals surface area (Å²) in [6, 6.07) is 10.1. The second kappa shape index (κ2) is 11.5. The molecule has 1 heterocycles. The summed E-state index contributed by atoms with van der Waals surface area (Å²) in [5, 5.41) is 2.98. The first kappa shape index (κ1) is 21.1. The third kappa shape index (κ3) is 7.90. The Kier molecular flexibility index (Phi) is 8.96. The fraction of sp³-hybridized carbons (Fsp3) is 0.522. The highest BCUT2D eigenvalue weighted by Crippen LogP contribution is 2.17. The number of hydrogen-bond donors (Lipinski definition) is 1. The summed E-state index contributed by atoms with van der Waals surface area (Å²) in [7, 11) is 0. The van der Waals surface area contributed by atoms with Gasteiger partial charge >= 0.3 is 0 Å². The lowest BCUT2D eigenvalue weighted by molar-refractivity contribution is -0.122. The SMILES string of the molecule is CCC(C)CC(=O)NCCCC1=NC(C(=O)CCc2ccccc2)=CCC1. The van der Waals surface area contributed by atoms with Gasteiger partial charge in [0.1, 0.15) is 5.70 Å². The zero-order chi connectivity index (χ0) is 19.5. The molecule has 0 spiro atoms. The number of aliphatic imine (C=N–C) groups is 1. The van der Waals surface area contributed by atoms with Crippen LogP contribution in [0.1, 0.15) is 64.4 Å². The van der Waals surface area contributed by atoms with Crippen molar-refractivity contribution in [1.82, 2.24) is 5.32 Å². The number of rotatable bonds is 11. The molecule has 1 atom stereocenters. The third-order valence-electron chi connectivity index (χ3n) is 5.01. The van der Waals surface area contributed by atoms with Crippen LogP contribution < -0.4 is 5.32 Å². The Balaban J connectivity index is 1.72. The van der Waals surface area contributed by atoms with E-state index in [0.29, 0.717) is 31.0 Å². The molecular weight excluding hydrogens is 336 g/mol. The van der Waals surface area contributed by atoms with E-state index >= 15 is 0 Å². The molecule has 0 saturated heterocycles. The number of amides is 1. The zero-order valence-electron chi connectivity index (χ0n) is 16.7. The van der Waals surface area contributed by atoms with Gasteiger partial charge in [-0.3, -0.25) is 14.6 Å². The van der Waals surface area contributed by atoms with Crippen LogP contribution in [0, 0.1) is 5.92 Å². The zero-order valence-corrected chi connectivity index (χ0v) is 16.7. The Morgan fingerprint density at radius 2 is 1.96 bits per heavy atom. The highest BCUT2D eigenvalue weighted by molar-refractivity contribution is 5.99. The minimum Gasteiger partial charge on any atom is -0.356 e. The van der Waals surface area contributed by atoms with E-state index in [-0.39, 0.29) is 11.7 Å². The number of allylic oxidation sites excluding steroid dienone is 2. The Morgan fingerprint density at radius 1 is 1.19 bits per heavy atom. The molecule has 1 unspecified atom stereocenters. The summed E-state index contributed by atoms with van der Waals surface area (Å²) in [6.45, 7) is 4.87. The van der Waals surface area contributed by atoms with Gasteiger partial charge in [-0.2, -0.15) is 0 Å². The van der Waals surface area contributed by atoms with Gasteiger partial charge in [0.15, 0.2) is 5.78 Å². The first-order chi connectivity index (χ1) is 13.1. The van der Waals surface area contributed by atoms with Crippen molar-refractivity contribution in [2.45, 2.75) is 65.2 Å². The molecule has 0 aromatic heterocycles. The van der Waals surface area contributed by atoms with Gasteiger partial charge in [-0.05, 0) is 43.6 Å². The average molecular weight is 369 g/mol. The van der Waals surface area contributed by atoms with Crippen molar-refractivity contribution in [3.8, 4) is 0 Å². The van der Waals surface area contributed by atoms with Crippen LogP contribution in [0.5, 0.6) is 0 Å². The fourth-order valence-corrected chi connectivity index (χ4v) is 3.09.